The van der Waals surface area contributed by atoms with E-state index in [9.17, 15) is 8.42 Å². The minimum atomic E-state index is -3.59. The Balaban J connectivity index is 1.79. The Kier molecular flexibility index (Phi) is 7.24. The van der Waals surface area contributed by atoms with Gasteiger partial charge in [-0.2, -0.15) is 0 Å². The lowest BCUT2D eigenvalue weighted by molar-refractivity contribution is -0.0722. The number of hydrogen-bond donors (Lipinski definition) is 0. The first-order valence-electron chi connectivity index (χ1n) is 9.69. The van der Waals surface area contributed by atoms with E-state index in [2.05, 4.69) is 6.58 Å². The van der Waals surface area contributed by atoms with E-state index in [1.54, 1.807) is 6.92 Å². The number of ether oxygens (including phenoxy) is 3. The molecule has 0 aliphatic carbocycles. The molecule has 0 N–H and O–H groups in total. The van der Waals surface area contributed by atoms with Crippen molar-refractivity contribution in [2.45, 2.75) is 50.8 Å². The van der Waals surface area contributed by atoms with Crippen molar-refractivity contribution in [1.29, 1.82) is 0 Å². The summed E-state index contributed by atoms with van der Waals surface area (Å²) in [6, 6.07) is 19.4. The zero-order chi connectivity index (χ0) is 20.9. The van der Waals surface area contributed by atoms with E-state index in [1.165, 1.54) is 0 Å². The Morgan fingerprint density at radius 3 is 1.90 bits per heavy atom. The molecule has 156 valence electrons. The standard InChI is InChI=1S/C23H28O5S/c1-17(2)16-29(24,25)23-22(27-15-20-12-8-5-9-13-20)21(18(3)28-23)26-14-19-10-6-4-7-11-19/h4-13,18,21-23H,1,14-16H2,2-3H3/t18-,21-,22-,23+/m1/s1. The molecule has 1 aliphatic heterocycles. The average Bonchev–Trinajstić information content (AvgIpc) is 3.02. The maximum atomic E-state index is 12.9. The summed E-state index contributed by atoms with van der Waals surface area (Å²) in [7, 11) is -3.59. The van der Waals surface area contributed by atoms with E-state index in [4.69, 9.17) is 14.2 Å². The average molecular weight is 417 g/mol. The van der Waals surface area contributed by atoms with Gasteiger partial charge in [-0.25, -0.2) is 8.42 Å². The normalized spacial score (nSPS) is 24.5. The summed E-state index contributed by atoms with van der Waals surface area (Å²) in [5.74, 6) is -0.138. The van der Waals surface area contributed by atoms with Crippen LogP contribution < -0.4 is 0 Å². The molecular weight excluding hydrogens is 388 g/mol. The molecule has 0 saturated carbocycles. The summed E-state index contributed by atoms with van der Waals surface area (Å²) in [6.45, 7) is 7.90. The summed E-state index contributed by atoms with van der Waals surface area (Å²) >= 11 is 0. The highest BCUT2D eigenvalue weighted by molar-refractivity contribution is 7.92. The van der Waals surface area contributed by atoms with Crippen molar-refractivity contribution in [2.24, 2.45) is 0 Å². The molecule has 0 bridgehead atoms. The third-order valence-electron chi connectivity index (χ3n) is 4.78. The number of hydrogen-bond acceptors (Lipinski definition) is 5. The maximum absolute atomic E-state index is 12.9. The van der Waals surface area contributed by atoms with Crippen LogP contribution in [0.1, 0.15) is 25.0 Å². The summed E-state index contributed by atoms with van der Waals surface area (Å²) in [5.41, 5.74) is 1.45. The molecule has 2 aromatic rings. The fraction of sp³-hybridized carbons (Fsp3) is 0.391. The monoisotopic (exact) mass is 416 g/mol. The summed E-state index contributed by atoms with van der Waals surface area (Å²) < 4.78 is 43.8. The summed E-state index contributed by atoms with van der Waals surface area (Å²) in [5, 5.41) is 0. The molecule has 0 spiro atoms. The second kappa shape index (κ2) is 9.67. The molecular formula is C23H28O5S. The predicted molar refractivity (Wildman–Crippen MR) is 113 cm³/mol. The molecule has 0 unspecified atom stereocenters. The van der Waals surface area contributed by atoms with Crippen LogP contribution in [0.25, 0.3) is 0 Å². The van der Waals surface area contributed by atoms with E-state index in [0.717, 1.165) is 11.1 Å². The predicted octanol–water partition coefficient (Wildman–Crippen LogP) is 3.89. The van der Waals surface area contributed by atoms with Crippen molar-refractivity contribution in [2.75, 3.05) is 5.75 Å². The zero-order valence-electron chi connectivity index (χ0n) is 16.9. The third kappa shape index (κ3) is 5.76. The van der Waals surface area contributed by atoms with Crippen molar-refractivity contribution < 1.29 is 22.6 Å². The molecule has 2 aromatic carbocycles. The number of benzene rings is 2. The van der Waals surface area contributed by atoms with Gasteiger partial charge in [0.2, 0.25) is 0 Å². The highest BCUT2D eigenvalue weighted by atomic mass is 32.2. The van der Waals surface area contributed by atoms with Gasteiger partial charge in [0.15, 0.2) is 15.3 Å². The van der Waals surface area contributed by atoms with E-state index in [1.807, 2.05) is 67.6 Å². The number of rotatable bonds is 9. The Morgan fingerprint density at radius 1 is 0.931 bits per heavy atom. The van der Waals surface area contributed by atoms with E-state index in [0.29, 0.717) is 12.2 Å². The minimum absolute atomic E-state index is 0.138. The van der Waals surface area contributed by atoms with Crippen LogP contribution in [0.4, 0.5) is 0 Å². The fourth-order valence-electron chi connectivity index (χ4n) is 3.44. The van der Waals surface area contributed by atoms with Crippen LogP contribution in [0.2, 0.25) is 0 Å². The summed E-state index contributed by atoms with van der Waals surface area (Å²) in [6.07, 6.45) is -1.63. The molecule has 0 radical (unpaired) electrons. The van der Waals surface area contributed by atoms with Crippen molar-refractivity contribution in [3.63, 3.8) is 0 Å². The molecule has 6 heteroatoms. The van der Waals surface area contributed by atoms with E-state index in [-0.39, 0.29) is 12.4 Å². The highest BCUT2D eigenvalue weighted by Gasteiger charge is 2.50. The summed E-state index contributed by atoms with van der Waals surface area (Å²) in [4.78, 5) is 0. The van der Waals surface area contributed by atoms with Gasteiger partial charge in [-0.05, 0) is 25.0 Å². The Labute approximate surface area is 173 Å². The minimum Gasteiger partial charge on any atom is -0.368 e. The second-order valence-electron chi connectivity index (χ2n) is 7.50. The Bertz CT molecular complexity index is 895. The van der Waals surface area contributed by atoms with Crippen LogP contribution in [0.5, 0.6) is 0 Å². The Morgan fingerprint density at radius 2 is 1.41 bits per heavy atom. The van der Waals surface area contributed by atoms with Crippen LogP contribution in [0.15, 0.2) is 72.8 Å². The fourth-order valence-corrected chi connectivity index (χ4v) is 5.28. The van der Waals surface area contributed by atoms with Crippen molar-refractivity contribution in [3.8, 4) is 0 Å². The Hall–Kier alpha value is -1.99. The van der Waals surface area contributed by atoms with Gasteiger partial charge in [0.05, 0.1) is 25.1 Å². The molecule has 1 fully saturated rings. The van der Waals surface area contributed by atoms with Gasteiger partial charge < -0.3 is 14.2 Å². The topological polar surface area (TPSA) is 61.8 Å². The molecule has 1 heterocycles. The second-order valence-corrected chi connectivity index (χ2v) is 9.58. The first-order valence-corrected chi connectivity index (χ1v) is 11.4. The van der Waals surface area contributed by atoms with Gasteiger partial charge >= 0.3 is 0 Å². The smallest absolute Gasteiger partial charge is 0.188 e. The van der Waals surface area contributed by atoms with Gasteiger partial charge in [0.25, 0.3) is 0 Å². The van der Waals surface area contributed by atoms with Crippen LogP contribution in [0.3, 0.4) is 0 Å². The van der Waals surface area contributed by atoms with E-state index < -0.39 is 33.6 Å². The first kappa shape index (κ1) is 21.7. The van der Waals surface area contributed by atoms with Crippen molar-refractivity contribution in [3.05, 3.63) is 83.9 Å². The third-order valence-corrected chi connectivity index (χ3v) is 6.76. The molecule has 3 rings (SSSR count). The van der Waals surface area contributed by atoms with Gasteiger partial charge in [-0.1, -0.05) is 72.8 Å². The van der Waals surface area contributed by atoms with Crippen LogP contribution in [0, 0.1) is 0 Å². The molecule has 29 heavy (non-hydrogen) atoms. The number of sulfone groups is 1. The van der Waals surface area contributed by atoms with Crippen molar-refractivity contribution >= 4 is 9.84 Å². The lowest BCUT2D eigenvalue weighted by Crippen LogP contribution is -2.41. The van der Waals surface area contributed by atoms with Crippen LogP contribution >= 0.6 is 0 Å². The molecule has 0 amide bonds. The van der Waals surface area contributed by atoms with Crippen LogP contribution in [-0.4, -0.2) is 37.9 Å². The van der Waals surface area contributed by atoms with Gasteiger partial charge in [0, 0.05) is 0 Å². The van der Waals surface area contributed by atoms with E-state index >= 15 is 0 Å². The highest BCUT2D eigenvalue weighted by Crippen LogP contribution is 2.32. The maximum Gasteiger partial charge on any atom is 0.188 e. The SMILES string of the molecule is C=C(C)CS(=O)(=O)[C@@H]1O[C@H](C)[C@@H](OCc2ccccc2)[C@H]1OCc1ccccc1. The lowest BCUT2D eigenvalue weighted by Gasteiger charge is -2.24. The quantitative estimate of drug-likeness (QED) is 0.581. The van der Waals surface area contributed by atoms with Gasteiger partial charge in [-0.15, -0.1) is 0 Å². The van der Waals surface area contributed by atoms with Crippen LogP contribution in [-0.2, 0) is 37.3 Å². The largest absolute Gasteiger partial charge is 0.368 e. The lowest BCUT2D eigenvalue weighted by atomic mass is 10.1. The van der Waals surface area contributed by atoms with Gasteiger partial charge in [-0.3, -0.25) is 0 Å². The van der Waals surface area contributed by atoms with Gasteiger partial charge in [0.1, 0.15) is 12.2 Å². The molecule has 1 saturated heterocycles. The molecule has 5 nitrogen and oxygen atoms in total. The molecule has 0 aromatic heterocycles. The molecule has 1 aliphatic rings. The first-order chi connectivity index (χ1) is 13.9. The molecule has 4 atom stereocenters. The zero-order valence-corrected chi connectivity index (χ0v) is 17.7. The van der Waals surface area contributed by atoms with Crippen molar-refractivity contribution in [1.82, 2.24) is 0 Å².